The van der Waals surface area contributed by atoms with Gasteiger partial charge in [-0.05, 0) is 36.2 Å². The van der Waals surface area contributed by atoms with Gasteiger partial charge in [0.05, 0.1) is 0 Å². The van der Waals surface area contributed by atoms with E-state index in [0.29, 0.717) is 17.3 Å². The summed E-state index contributed by atoms with van der Waals surface area (Å²) in [4.78, 5) is 15.7. The van der Waals surface area contributed by atoms with Crippen LogP contribution in [0.4, 0.5) is 0 Å². The maximum Gasteiger partial charge on any atom is 0.269 e. The zero-order valence-corrected chi connectivity index (χ0v) is 10.5. The Bertz CT molecular complexity index is 528. The molecule has 1 N–H and O–H groups in total. The van der Waals surface area contributed by atoms with Crippen molar-refractivity contribution in [3.63, 3.8) is 0 Å². The number of hydrogen-bond acceptors (Lipinski definition) is 2. The molecule has 1 aromatic carbocycles. The summed E-state index contributed by atoms with van der Waals surface area (Å²) < 4.78 is 0. The molecule has 0 saturated carbocycles. The van der Waals surface area contributed by atoms with Crippen LogP contribution in [0.3, 0.4) is 0 Å². The fourth-order valence-corrected chi connectivity index (χ4v) is 1.81. The Morgan fingerprint density at radius 2 is 2.11 bits per heavy atom. The van der Waals surface area contributed by atoms with Crippen LogP contribution in [-0.4, -0.2) is 17.4 Å². The molecule has 0 aliphatic heterocycles. The van der Waals surface area contributed by atoms with Crippen molar-refractivity contribution in [2.45, 2.75) is 6.42 Å². The summed E-state index contributed by atoms with van der Waals surface area (Å²) in [5.74, 6) is -0.155. The Kier molecular flexibility index (Phi) is 4.31. The van der Waals surface area contributed by atoms with Crippen molar-refractivity contribution in [3.05, 3.63) is 64.9 Å². The smallest absolute Gasteiger partial charge is 0.269 e. The first-order valence-electron chi connectivity index (χ1n) is 5.69. The minimum absolute atomic E-state index is 0.155. The first kappa shape index (κ1) is 12.6. The molecule has 0 aliphatic carbocycles. The molecule has 0 atom stereocenters. The lowest BCUT2D eigenvalue weighted by atomic mass is 10.1. The predicted molar refractivity (Wildman–Crippen MR) is 71.7 cm³/mol. The summed E-state index contributed by atoms with van der Waals surface area (Å²) in [6, 6.07) is 12.9. The van der Waals surface area contributed by atoms with Crippen molar-refractivity contribution >= 4 is 17.5 Å². The maximum atomic E-state index is 11.7. The quantitative estimate of drug-likeness (QED) is 0.918. The largest absolute Gasteiger partial charge is 0.350 e. The Morgan fingerprint density at radius 3 is 2.83 bits per heavy atom. The molecule has 2 rings (SSSR count). The summed E-state index contributed by atoms with van der Waals surface area (Å²) >= 11 is 5.88. The van der Waals surface area contributed by atoms with Gasteiger partial charge in [-0.2, -0.15) is 0 Å². The van der Waals surface area contributed by atoms with Crippen molar-refractivity contribution in [1.29, 1.82) is 0 Å². The Labute approximate surface area is 111 Å². The number of nitrogens with one attached hydrogen (secondary N) is 1. The molecule has 0 aliphatic rings. The lowest BCUT2D eigenvalue weighted by Crippen LogP contribution is -2.26. The number of nitrogens with zero attached hydrogens (tertiary/aromatic N) is 1. The number of carbonyl (C=O) groups excluding carboxylic acids is 1. The van der Waals surface area contributed by atoms with E-state index in [2.05, 4.69) is 10.3 Å². The number of rotatable bonds is 4. The molecule has 1 heterocycles. The fraction of sp³-hybridized carbons (Fsp3) is 0.143. The summed E-state index contributed by atoms with van der Waals surface area (Å²) in [5, 5.41) is 3.53. The van der Waals surface area contributed by atoms with Crippen LogP contribution in [0.15, 0.2) is 48.7 Å². The van der Waals surface area contributed by atoms with Crippen molar-refractivity contribution < 1.29 is 4.79 Å². The molecule has 0 fully saturated rings. The molecule has 18 heavy (non-hydrogen) atoms. The monoisotopic (exact) mass is 260 g/mol. The predicted octanol–water partition coefficient (Wildman–Crippen LogP) is 2.71. The molecule has 2 aromatic rings. The average Bonchev–Trinajstić information content (AvgIpc) is 2.40. The Hall–Kier alpha value is -1.87. The van der Waals surface area contributed by atoms with Gasteiger partial charge in [0.25, 0.3) is 5.91 Å². The second-order valence-electron chi connectivity index (χ2n) is 3.85. The topological polar surface area (TPSA) is 42.0 Å². The molecule has 4 heteroatoms. The Balaban J connectivity index is 1.84. The number of aromatic nitrogens is 1. The minimum Gasteiger partial charge on any atom is -0.350 e. The third kappa shape index (κ3) is 3.57. The number of hydrogen-bond donors (Lipinski definition) is 1. The lowest BCUT2D eigenvalue weighted by molar-refractivity contribution is 0.0949. The zero-order valence-electron chi connectivity index (χ0n) is 9.77. The fourth-order valence-electron chi connectivity index (χ4n) is 1.60. The molecule has 0 spiro atoms. The van der Waals surface area contributed by atoms with E-state index in [1.807, 2.05) is 24.3 Å². The highest BCUT2D eigenvalue weighted by Gasteiger charge is 2.04. The van der Waals surface area contributed by atoms with Gasteiger partial charge in [0.2, 0.25) is 0 Å². The van der Waals surface area contributed by atoms with E-state index in [0.717, 1.165) is 12.0 Å². The van der Waals surface area contributed by atoms with E-state index < -0.39 is 0 Å². The van der Waals surface area contributed by atoms with Gasteiger partial charge < -0.3 is 5.32 Å². The van der Waals surface area contributed by atoms with Crippen molar-refractivity contribution in [3.8, 4) is 0 Å². The average molecular weight is 261 g/mol. The van der Waals surface area contributed by atoms with Gasteiger partial charge in [-0.3, -0.25) is 9.78 Å². The van der Waals surface area contributed by atoms with Gasteiger partial charge in [0.15, 0.2) is 0 Å². The van der Waals surface area contributed by atoms with Crippen LogP contribution in [0.1, 0.15) is 16.1 Å². The molecule has 92 valence electrons. The SMILES string of the molecule is O=C(NCCc1cccc(Cl)c1)c1ccccn1. The van der Waals surface area contributed by atoms with Crippen LogP contribution in [-0.2, 0) is 6.42 Å². The lowest BCUT2D eigenvalue weighted by Gasteiger charge is -2.05. The van der Waals surface area contributed by atoms with Gasteiger partial charge in [-0.25, -0.2) is 0 Å². The highest BCUT2D eigenvalue weighted by atomic mass is 35.5. The van der Waals surface area contributed by atoms with Gasteiger partial charge in [-0.15, -0.1) is 0 Å². The van der Waals surface area contributed by atoms with E-state index in [9.17, 15) is 4.79 Å². The summed E-state index contributed by atoms with van der Waals surface area (Å²) in [6.07, 6.45) is 2.35. The van der Waals surface area contributed by atoms with Crippen molar-refractivity contribution in [2.75, 3.05) is 6.54 Å². The van der Waals surface area contributed by atoms with Gasteiger partial charge in [0.1, 0.15) is 5.69 Å². The normalized spacial score (nSPS) is 10.1. The Morgan fingerprint density at radius 1 is 1.22 bits per heavy atom. The number of halogens is 1. The second kappa shape index (κ2) is 6.17. The molecule has 1 aromatic heterocycles. The van der Waals surface area contributed by atoms with E-state index in [1.54, 1.807) is 24.4 Å². The molecule has 0 unspecified atom stereocenters. The highest BCUT2D eigenvalue weighted by Crippen LogP contribution is 2.10. The molecule has 3 nitrogen and oxygen atoms in total. The first-order chi connectivity index (χ1) is 8.75. The summed E-state index contributed by atoms with van der Waals surface area (Å²) in [5.41, 5.74) is 1.53. The molecular formula is C14H13ClN2O. The van der Waals surface area contributed by atoms with Crippen molar-refractivity contribution in [2.24, 2.45) is 0 Å². The maximum absolute atomic E-state index is 11.7. The number of amides is 1. The minimum atomic E-state index is -0.155. The summed E-state index contributed by atoms with van der Waals surface area (Å²) in [6.45, 7) is 0.565. The van der Waals surface area contributed by atoms with E-state index in [4.69, 9.17) is 11.6 Å². The second-order valence-corrected chi connectivity index (χ2v) is 4.29. The third-order valence-corrected chi connectivity index (χ3v) is 2.72. The first-order valence-corrected chi connectivity index (χ1v) is 6.07. The van der Waals surface area contributed by atoms with Crippen LogP contribution >= 0.6 is 11.6 Å². The van der Waals surface area contributed by atoms with Crippen LogP contribution in [0.2, 0.25) is 5.02 Å². The van der Waals surface area contributed by atoms with Crippen LogP contribution < -0.4 is 5.32 Å². The molecule has 0 radical (unpaired) electrons. The molecular weight excluding hydrogens is 248 g/mol. The van der Waals surface area contributed by atoms with E-state index >= 15 is 0 Å². The zero-order chi connectivity index (χ0) is 12.8. The molecule has 0 bridgehead atoms. The van der Waals surface area contributed by atoms with Crippen LogP contribution in [0, 0.1) is 0 Å². The van der Waals surface area contributed by atoms with Crippen molar-refractivity contribution in [1.82, 2.24) is 10.3 Å². The number of pyridine rings is 1. The van der Waals surface area contributed by atoms with Crippen LogP contribution in [0.25, 0.3) is 0 Å². The number of benzene rings is 1. The molecule has 0 saturated heterocycles. The highest BCUT2D eigenvalue weighted by molar-refractivity contribution is 6.30. The van der Waals surface area contributed by atoms with Gasteiger partial charge >= 0.3 is 0 Å². The summed E-state index contributed by atoms with van der Waals surface area (Å²) in [7, 11) is 0. The molecule has 1 amide bonds. The van der Waals surface area contributed by atoms with E-state index in [1.165, 1.54) is 0 Å². The number of carbonyl (C=O) groups is 1. The third-order valence-electron chi connectivity index (χ3n) is 2.49. The van der Waals surface area contributed by atoms with Gasteiger partial charge in [-0.1, -0.05) is 29.8 Å². The van der Waals surface area contributed by atoms with Gasteiger partial charge in [0, 0.05) is 17.8 Å². The van der Waals surface area contributed by atoms with Crippen LogP contribution in [0.5, 0.6) is 0 Å². The van der Waals surface area contributed by atoms with E-state index in [-0.39, 0.29) is 5.91 Å². The standard InChI is InChI=1S/C14H13ClN2O/c15-12-5-3-4-11(10-12)7-9-17-14(18)13-6-1-2-8-16-13/h1-6,8,10H,7,9H2,(H,17,18).